The van der Waals surface area contributed by atoms with Gasteiger partial charge in [0.15, 0.2) is 0 Å². The van der Waals surface area contributed by atoms with Gasteiger partial charge in [-0.05, 0) is 16.0 Å². The molecule has 0 radical (unpaired) electrons. The van der Waals surface area contributed by atoms with E-state index in [1.54, 1.807) is 0 Å². The van der Waals surface area contributed by atoms with Crippen molar-refractivity contribution < 1.29 is 9.31 Å². The highest BCUT2D eigenvalue weighted by molar-refractivity contribution is 5.35. The second-order valence-electron chi connectivity index (χ2n) is 1.80. The molecule has 0 saturated heterocycles. The molecule has 6 heteroatoms. The summed E-state index contributed by atoms with van der Waals surface area (Å²) in [6, 6.07) is 2.06. The third kappa shape index (κ3) is 1.40. The fourth-order valence-corrected chi connectivity index (χ4v) is 0.574. The number of nitrogen functional groups attached to an aromatic ring is 1. The highest BCUT2D eigenvalue weighted by Gasteiger charge is 2.15. The molecular weight excluding hydrogens is 153 g/mol. The van der Waals surface area contributed by atoms with Gasteiger partial charge in [0, 0.05) is 6.07 Å². The Labute approximate surface area is 60.8 Å². The zero-order valence-electron chi connectivity index (χ0n) is 5.32. The lowest BCUT2D eigenvalue weighted by Gasteiger charge is -1.92. The van der Waals surface area contributed by atoms with Gasteiger partial charge in [0.25, 0.3) is 0 Å². The normalized spacial score (nSPS) is 9.55. The minimum Gasteiger partial charge on any atom is -0.363 e. The predicted molar refractivity (Wildman–Crippen MR) is 35.3 cm³/mol. The molecule has 0 bridgehead atoms. The Hall–Kier alpha value is -1.72. The van der Waals surface area contributed by atoms with Crippen LogP contribution in [0.15, 0.2) is 12.1 Å². The van der Waals surface area contributed by atoms with Gasteiger partial charge in [-0.1, -0.05) is 0 Å². The molecule has 0 spiro atoms. The molecule has 0 aliphatic rings. The first kappa shape index (κ1) is 7.39. The standard InChI is InChI=1S/C5H4FN3O2/c6-3-1-2-4(7)8-5(3)9(10)11/h1-2H,(H2,7,8). The SMILES string of the molecule is Nc1ccc(F)c([N+](=O)[O-])n1. The quantitative estimate of drug-likeness (QED) is 0.480. The number of pyridine rings is 1. The van der Waals surface area contributed by atoms with E-state index in [2.05, 4.69) is 4.98 Å². The maximum absolute atomic E-state index is 12.5. The van der Waals surface area contributed by atoms with Crippen molar-refractivity contribution >= 4 is 11.6 Å². The van der Waals surface area contributed by atoms with Crippen LogP contribution in [0, 0.1) is 15.9 Å². The Morgan fingerprint density at radius 1 is 1.64 bits per heavy atom. The van der Waals surface area contributed by atoms with Crippen LogP contribution in [0.4, 0.5) is 16.0 Å². The van der Waals surface area contributed by atoms with Crippen molar-refractivity contribution in [2.45, 2.75) is 0 Å². The summed E-state index contributed by atoms with van der Waals surface area (Å²) in [5, 5.41) is 10.0. The smallest absolute Gasteiger partial charge is 0.363 e. The fraction of sp³-hybridized carbons (Fsp3) is 0. The summed E-state index contributed by atoms with van der Waals surface area (Å²) in [5.74, 6) is -1.90. The number of nitro groups is 1. The molecule has 0 unspecified atom stereocenters. The van der Waals surface area contributed by atoms with Crippen molar-refractivity contribution in [2.24, 2.45) is 0 Å². The van der Waals surface area contributed by atoms with Gasteiger partial charge in [0.05, 0.1) is 0 Å². The van der Waals surface area contributed by atoms with Crippen LogP contribution in [-0.4, -0.2) is 9.91 Å². The van der Waals surface area contributed by atoms with Crippen LogP contribution in [0.1, 0.15) is 0 Å². The van der Waals surface area contributed by atoms with Crippen LogP contribution in [0.5, 0.6) is 0 Å². The van der Waals surface area contributed by atoms with E-state index in [0.717, 1.165) is 12.1 Å². The molecule has 1 aromatic rings. The van der Waals surface area contributed by atoms with E-state index in [1.807, 2.05) is 0 Å². The molecule has 5 nitrogen and oxygen atoms in total. The number of anilines is 1. The van der Waals surface area contributed by atoms with Gasteiger partial charge in [-0.2, -0.15) is 4.39 Å². The van der Waals surface area contributed by atoms with E-state index >= 15 is 0 Å². The van der Waals surface area contributed by atoms with Crippen LogP contribution in [0.3, 0.4) is 0 Å². The molecule has 1 heterocycles. The van der Waals surface area contributed by atoms with E-state index in [0.29, 0.717) is 0 Å². The van der Waals surface area contributed by atoms with E-state index in [1.165, 1.54) is 0 Å². The Balaban J connectivity index is 3.23. The molecule has 0 amide bonds. The van der Waals surface area contributed by atoms with Gasteiger partial charge in [-0.15, -0.1) is 0 Å². The summed E-state index contributed by atoms with van der Waals surface area (Å²) >= 11 is 0. The largest absolute Gasteiger partial charge is 0.401 e. The zero-order chi connectivity index (χ0) is 8.43. The van der Waals surface area contributed by atoms with Gasteiger partial charge < -0.3 is 15.8 Å². The molecular formula is C5H4FN3O2. The Morgan fingerprint density at radius 2 is 2.27 bits per heavy atom. The second-order valence-corrected chi connectivity index (χ2v) is 1.80. The van der Waals surface area contributed by atoms with Crippen LogP contribution in [0.25, 0.3) is 0 Å². The topological polar surface area (TPSA) is 82.0 Å². The monoisotopic (exact) mass is 157 g/mol. The van der Waals surface area contributed by atoms with Crippen molar-refractivity contribution in [1.82, 2.24) is 4.98 Å². The van der Waals surface area contributed by atoms with Crippen molar-refractivity contribution in [3.8, 4) is 0 Å². The number of hydrogen-bond donors (Lipinski definition) is 1. The van der Waals surface area contributed by atoms with Crippen molar-refractivity contribution in [3.05, 3.63) is 28.1 Å². The summed E-state index contributed by atoms with van der Waals surface area (Å²) in [5.41, 5.74) is 5.08. The lowest BCUT2D eigenvalue weighted by molar-refractivity contribution is -0.392. The van der Waals surface area contributed by atoms with E-state index < -0.39 is 16.6 Å². The molecule has 58 valence electrons. The molecule has 2 N–H and O–H groups in total. The molecule has 0 aliphatic heterocycles. The lowest BCUT2D eigenvalue weighted by Crippen LogP contribution is -1.99. The van der Waals surface area contributed by atoms with Gasteiger partial charge in [-0.25, -0.2) is 0 Å². The molecule has 0 aliphatic carbocycles. The van der Waals surface area contributed by atoms with E-state index in [4.69, 9.17) is 5.73 Å². The minimum atomic E-state index is -0.982. The number of rotatable bonds is 1. The van der Waals surface area contributed by atoms with Gasteiger partial charge in [-0.3, -0.25) is 0 Å². The number of hydrogen-bond acceptors (Lipinski definition) is 4. The van der Waals surface area contributed by atoms with Gasteiger partial charge >= 0.3 is 5.82 Å². The van der Waals surface area contributed by atoms with Gasteiger partial charge in [0.2, 0.25) is 11.6 Å². The summed E-state index contributed by atoms with van der Waals surface area (Å²) in [4.78, 5) is 12.3. The van der Waals surface area contributed by atoms with Crippen LogP contribution in [-0.2, 0) is 0 Å². The summed E-state index contributed by atoms with van der Waals surface area (Å²) in [6.45, 7) is 0. The molecule has 0 aromatic carbocycles. The van der Waals surface area contributed by atoms with Crippen molar-refractivity contribution in [2.75, 3.05) is 5.73 Å². The fourth-order valence-electron chi connectivity index (χ4n) is 0.574. The maximum atomic E-state index is 12.5. The van der Waals surface area contributed by atoms with E-state index in [-0.39, 0.29) is 5.82 Å². The third-order valence-electron chi connectivity index (χ3n) is 1.02. The number of halogens is 1. The van der Waals surface area contributed by atoms with Crippen LogP contribution < -0.4 is 5.73 Å². The average molecular weight is 157 g/mol. The Bertz CT molecular complexity index is 302. The summed E-state index contributed by atoms with van der Waals surface area (Å²) in [6.07, 6.45) is 0. The van der Waals surface area contributed by atoms with Crippen LogP contribution >= 0.6 is 0 Å². The predicted octanol–water partition coefficient (Wildman–Crippen LogP) is 0.711. The van der Waals surface area contributed by atoms with Crippen LogP contribution in [0.2, 0.25) is 0 Å². The number of aromatic nitrogens is 1. The van der Waals surface area contributed by atoms with Crippen molar-refractivity contribution in [3.63, 3.8) is 0 Å². The highest BCUT2D eigenvalue weighted by Crippen LogP contribution is 2.14. The zero-order valence-corrected chi connectivity index (χ0v) is 5.32. The first-order chi connectivity index (χ1) is 5.11. The third-order valence-corrected chi connectivity index (χ3v) is 1.02. The molecule has 1 aromatic heterocycles. The molecule has 0 fully saturated rings. The second kappa shape index (κ2) is 2.49. The molecule has 1 rings (SSSR count). The first-order valence-corrected chi connectivity index (χ1v) is 2.67. The number of nitrogens with zero attached hydrogens (tertiary/aromatic N) is 2. The Kier molecular flexibility index (Phi) is 1.67. The van der Waals surface area contributed by atoms with Crippen molar-refractivity contribution in [1.29, 1.82) is 0 Å². The lowest BCUT2D eigenvalue weighted by atomic mass is 10.4. The van der Waals surface area contributed by atoms with E-state index in [9.17, 15) is 14.5 Å². The number of nitrogens with two attached hydrogens (primary N) is 1. The highest BCUT2D eigenvalue weighted by atomic mass is 19.1. The first-order valence-electron chi connectivity index (χ1n) is 2.67. The van der Waals surface area contributed by atoms with Gasteiger partial charge in [0.1, 0.15) is 0 Å². The molecule has 0 atom stereocenters. The minimum absolute atomic E-state index is 0.0712. The molecule has 0 saturated carbocycles. The molecule has 11 heavy (non-hydrogen) atoms. The Morgan fingerprint density at radius 3 is 2.73 bits per heavy atom. The maximum Gasteiger partial charge on any atom is 0.401 e. The summed E-state index contributed by atoms with van der Waals surface area (Å²) in [7, 11) is 0. The summed E-state index contributed by atoms with van der Waals surface area (Å²) < 4.78 is 12.5. The average Bonchev–Trinajstić information content (AvgIpc) is 1.94.